The lowest BCUT2D eigenvalue weighted by Gasteiger charge is -2.21. The van der Waals surface area contributed by atoms with Crippen molar-refractivity contribution in [3.8, 4) is 11.5 Å². The number of rotatable bonds is 7. The normalized spacial score (nSPS) is 16.2. The highest BCUT2D eigenvalue weighted by atomic mass is 16.5. The quantitative estimate of drug-likeness (QED) is 0.703. The van der Waals surface area contributed by atoms with Gasteiger partial charge in [0.2, 0.25) is 0 Å². The van der Waals surface area contributed by atoms with Gasteiger partial charge in [-0.2, -0.15) is 0 Å². The van der Waals surface area contributed by atoms with Gasteiger partial charge in [0.05, 0.1) is 6.61 Å². The number of unbranched alkanes of at least 4 members (excludes halogenated alkanes) is 1. The van der Waals surface area contributed by atoms with Gasteiger partial charge in [-0.3, -0.25) is 0 Å². The van der Waals surface area contributed by atoms with Crippen LogP contribution in [0.5, 0.6) is 11.5 Å². The summed E-state index contributed by atoms with van der Waals surface area (Å²) in [5, 5.41) is 10.1. The molecule has 0 bridgehead atoms. The van der Waals surface area contributed by atoms with Gasteiger partial charge in [0.1, 0.15) is 11.5 Å². The summed E-state index contributed by atoms with van der Waals surface area (Å²) in [5.74, 6) is 2.05. The fourth-order valence-electron chi connectivity index (χ4n) is 3.01. The number of hydrogen-bond donors (Lipinski definition) is 1. The minimum absolute atomic E-state index is 0.398. The molecule has 2 rings (SSSR count). The Balaban J connectivity index is 1.82. The second-order valence-electron chi connectivity index (χ2n) is 6.04. The fraction of sp³-hybridized carbons (Fsp3) is 0.667. The third-order valence-corrected chi connectivity index (χ3v) is 4.37. The number of aryl methyl sites for hydroxylation is 1. The zero-order chi connectivity index (χ0) is 14.2. The SMILES string of the molecule is CCCCOc1ccc(CCC2CCCCC2)c(O)c1. The summed E-state index contributed by atoms with van der Waals surface area (Å²) >= 11 is 0. The highest BCUT2D eigenvalue weighted by molar-refractivity contribution is 5.39. The van der Waals surface area contributed by atoms with Crippen LogP contribution in [0.1, 0.15) is 63.9 Å². The Hall–Kier alpha value is -1.18. The molecule has 20 heavy (non-hydrogen) atoms. The van der Waals surface area contributed by atoms with Crippen LogP contribution in [0.3, 0.4) is 0 Å². The number of hydrogen-bond acceptors (Lipinski definition) is 2. The van der Waals surface area contributed by atoms with E-state index < -0.39 is 0 Å². The van der Waals surface area contributed by atoms with Gasteiger partial charge in [-0.25, -0.2) is 0 Å². The van der Waals surface area contributed by atoms with E-state index >= 15 is 0 Å². The Morgan fingerprint density at radius 1 is 1.20 bits per heavy atom. The van der Waals surface area contributed by atoms with Crippen molar-refractivity contribution in [3.05, 3.63) is 23.8 Å². The lowest BCUT2D eigenvalue weighted by atomic mass is 9.85. The number of benzene rings is 1. The molecule has 1 fully saturated rings. The zero-order valence-electron chi connectivity index (χ0n) is 12.7. The minimum atomic E-state index is 0.398. The van der Waals surface area contributed by atoms with Crippen molar-refractivity contribution in [3.63, 3.8) is 0 Å². The number of aromatic hydroxyl groups is 1. The molecule has 0 atom stereocenters. The molecule has 0 heterocycles. The fourth-order valence-corrected chi connectivity index (χ4v) is 3.01. The molecule has 112 valence electrons. The Labute approximate surface area is 123 Å². The van der Waals surface area contributed by atoms with Crippen LogP contribution in [0.25, 0.3) is 0 Å². The monoisotopic (exact) mass is 276 g/mol. The summed E-state index contributed by atoms with van der Waals surface area (Å²) < 4.78 is 5.62. The van der Waals surface area contributed by atoms with E-state index in [0.717, 1.165) is 43.1 Å². The molecule has 2 nitrogen and oxygen atoms in total. The Kier molecular flexibility index (Phi) is 6.23. The molecule has 2 heteroatoms. The van der Waals surface area contributed by atoms with Crippen LogP contribution in [0, 0.1) is 5.92 Å². The molecule has 0 radical (unpaired) electrons. The van der Waals surface area contributed by atoms with E-state index in [1.54, 1.807) is 6.07 Å². The van der Waals surface area contributed by atoms with Crippen LogP contribution < -0.4 is 4.74 Å². The average Bonchev–Trinajstić information content (AvgIpc) is 2.48. The lowest BCUT2D eigenvalue weighted by molar-refractivity contribution is 0.307. The van der Waals surface area contributed by atoms with Crippen LogP contribution in [-0.4, -0.2) is 11.7 Å². The molecule has 1 aromatic rings. The van der Waals surface area contributed by atoms with Crippen LogP contribution in [0.15, 0.2) is 18.2 Å². The van der Waals surface area contributed by atoms with Crippen molar-refractivity contribution in [1.29, 1.82) is 0 Å². The number of phenolic OH excluding ortho intramolecular Hbond substituents is 1. The summed E-state index contributed by atoms with van der Waals surface area (Å²) in [6.07, 6.45) is 11.3. The first-order chi connectivity index (χ1) is 9.79. The Morgan fingerprint density at radius 3 is 2.70 bits per heavy atom. The Bertz CT molecular complexity index is 394. The highest BCUT2D eigenvalue weighted by Gasteiger charge is 2.14. The minimum Gasteiger partial charge on any atom is -0.508 e. The predicted octanol–water partition coefficient (Wildman–Crippen LogP) is 5.08. The third kappa shape index (κ3) is 4.73. The van der Waals surface area contributed by atoms with Gasteiger partial charge in [-0.1, -0.05) is 51.5 Å². The summed E-state index contributed by atoms with van der Waals surface area (Å²) in [5.41, 5.74) is 1.07. The maximum atomic E-state index is 10.1. The highest BCUT2D eigenvalue weighted by Crippen LogP contribution is 2.30. The van der Waals surface area contributed by atoms with E-state index in [1.807, 2.05) is 12.1 Å². The van der Waals surface area contributed by atoms with Crippen molar-refractivity contribution in [1.82, 2.24) is 0 Å². The van der Waals surface area contributed by atoms with Crippen molar-refractivity contribution in [2.75, 3.05) is 6.61 Å². The van der Waals surface area contributed by atoms with E-state index in [1.165, 1.54) is 38.5 Å². The van der Waals surface area contributed by atoms with Crippen molar-refractivity contribution in [2.24, 2.45) is 5.92 Å². The number of phenols is 1. The van der Waals surface area contributed by atoms with Crippen LogP contribution >= 0.6 is 0 Å². The standard InChI is InChI=1S/C18H28O2/c1-2-3-13-20-17-12-11-16(18(19)14-17)10-9-15-7-5-4-6-8-15/h11-12,14-15,19H,2-10,13H2,1H3. The van der Waals surface area contributed by atoms with Gasteiger partial charge in [-0.05, 0) is 36.8 Å². The summed E-state index contributed by atoms with van der Waals surface area (Å²) in [7, 11) is 0. The molecule has 0 aromatic heterocycles. The van der Waals surface area contributed by atoms with Gasteiger partial charge in [-0.15, -0.1) is 0 Å². The van der Waals surface area contributed by atoms with Crippen LogP contribution in [-0.2, 0) is 6.42 Å². The maximum Gasteiger partial charge on any atom is 0.122 e. The first-order valence-electron chi connectivity index (χ1n) is 8.24. The zero-order valence-corrected chi connectivity index (χ0v) is 12.7. The summed E-state index contributed by atoms with van der Waals surface area (Å²) in [6, 6.07) is 5.79. The molecule has 0 aliphatic heterocycles. The van der Waals surface area contributed by atoms with Gasteiger partial charge >= 0.3 is 0 Å². The van der Waals surface area contributed by atoms with Gasteiger partial charge in [0.15, 0.2) is 0 Å². The summed E-state index contributed by atoms with van der Waals surface area (Å²) in [4.78, 5) is 0. The van der Waals surface area contributed by atoms with Gasteiger partial charge < -0.3 is 9.84 Å². The van der Waals surface area contributed by atoms with Gasteiger partial charge in [0.25, 0.3) is 0 Å². The van der Waals surface area contributed by atoms with Crippen LogP contribution in [0.4, 0.5) is 0 Å². The van der Waals surface area contributed by atoms with Crippen molar-refractivity contribution in [2.45, 2.75) is 64.7 Å². The van der Waals surface area contributed by atoms with Gasteiger partial charge in [0, 0.05) is 6.07 Å². The average molecular weight is 276 g/mol. The molecule has 1 aromatic carbocycles. The molecule has 1 aliphatic rings. The largest absolute Gasteiger partial charge is 0.508 e. The first-order valence-corrected chi connectivity index (χ1v) is 8.24. The molecule has 1 N–H and O–H groups in total. The molecule has 0 spiro atoms. The molecular formula is C18H28O2. The lowest BCUT2D eigenvalue weighted by Crippen LogP contribution is -2.07. The molecule has 1 saturated carbocycles. The first kappa shape index (κ1) is 15.2. The second-order valence-corrected chi connectivity index (χ2v) is 6.04. The summed E-state index contributed by atoms with van der Waals surface area (Å²) in [6.45, 7) is 2.88. The van der Waals surface area contributed by atoms with E-state index in [0.29, 0.717) is 5.75 Å². The molecule has 1 aliphatic carbocycles. The third-order valence-electron chi connectivity index (χ3n) is 4.37. The molecule has 0 amide bonds. The van der Waals surface area contributed by atoms with Crippen molar-refractivity contribution < 1.29 is 9.84 Å². The van der Waals surface area contributed by atoms with Crippen molar-refractivity contribution >= 4 is 0 Å². The molecular weight excluding hydrogens is 248 g/mol. The van der Waals surface area contributed by atoms with E-state index in [9.17, 15) is 5.11 Å². The number of ether oxygens (including phenoxy) is 1. The van der Waals surface area contributed by atoms with Crippen LogP contribution in [0.2, 0.25) is 0 Å². The maximum absolute atomic E-state index is 10.1. The second kappa shape index (κ2) is 8.18. The smallest absolute Gasteiger partial charge is 0.122 e. The predicted molar refractivity (Wildman–Crippen MR) is 83.4 cm³/mol. The van der Waals surface area contributed by atoms with E-state index in [-0.39, 0.29) is 0 Å². The topological polar surface area (TPSA) is 29.5 Å². The Morgan fingerprint density at radius 2 is 2.00 bits per heavy atom. The van der Waals surface area contributed by atoms with E-state index in [2.05, 4.69) is 6.92 Å². The molecule has 0 unspecified atom stereocenters. The molecule has 0 saturated heterocycles. The van der Waals surface area contributed by atoms with E-state index in [4.69, 9.17) is 4.74 Å².